The Morgan fingerprint density at radius 1 is 0.912 bits per heavy atom. The van der Waals surface area contributed by atoms with Crippen molar-refractivity contribution in [3.63, 3.8) is 0 Å². The Morgan fingerprint density at radius 2 is 1.53 bits per heavy atom. The zero-order valence-electron chi connectivity index (χ0n) is 22.4. The quantitative estimate of drug-likeness (QED) is 0.114. The van der Waals surface area contributed by atoms with Crippen molar-refractivity contribution in [2.75, 3.05) is 12.4 Å². The number of ketones is 1. The molecule has 1 aliphatic carbocycles. The monoisotopic (exact) mass is 498 g/mol. The summed E-state index contributed by atoms with van der Waals surface area (Å²) in [5.41, 5.74) is 0. The minimum Gasteiger partial charge on any atom is -0.466 e. The van der Waals surface area contributed by atoms with Gasteiger partial charge in [0.2, 0.25) is 0 Å². The molecule has 0 heterocycles. The molecular weight excluding hydrogens is 444 g/mol. The van der Waals surface area contributed by atoms with E-state index < -0.39 is 0 Å². The van der Waals surface area contributed by atoms with Crippen molar-refractivity contribution in [3.8, 4) is 0 Å². The average molecular weight is 499 g/mol. The van der Waals surface area contributed by atoms with Gasteiger partial charge in [-0.2, -0.15) is 11.8 Å². The number of hydrogen-bond acceptors (Lipinski definition) is 5. The smallest absolute Gasteiger partial charge is 0.305 e. The van der Waals surface area contributed by atoms with E-state index in [1.165, 1.54) is 51.4 Å². The van der Waals surface area contributed by atoms with Gasteiger partial charge in [-0.15, -0.1) is 0 Å². The summed E-state index contributed by atoms with van der Waals surface area (Å²) in [6.45, 7) is 5.00. The Hall–Kier alpha value is -0.550. The molecule has 0 bridgehead atoms. The van der Waals surface area contributed by atoms with Crippen molar-refractivity contribution in [1.82, 2.24) is 0 Å². The summed E-state index contributed by atoms with van der Waals surface area (Å²) >= 11 is 1.82. The van der Waals surface area contributed by atoms with Crippen LogP contribution < -0.4 is 0 Å². The normalized spacial score (nSPS) is 19.0. The SMILES string of the molecule is CCCCCCCCCCOC(=O)CCCCCCC1C(=O)CCC1SCC(O)CCCCC. The van der Waals surface area contributed by atoms with Crippen LogP contribution in [0.1, 0.15) is 142 Å². The fraction of sp³-hybridized carbons (Fsp3) is 0.931. The van der Waals surface area contributed by atoms with E-state index in [1.54, 1.807) is 0 Å². The first-order valence-electron chi connectivity index (χ1n) is 14.6. The molecule has 1 aliphatic rings. The number of ether oxygens (including phenoxy) is 1. The first-order chi connectivity index (χ1) is 16.6. The van der Waals surface area contributed by atoms with Gasteiger partial charge in [-0.1, -0.05) is 97.3 Å². The number of aliphatic hydroxyl groups excluding tert-OH is 1. The van der Waals surface area contributed by atoms with Crippen LogP contribution in [0.3, 0.4) is 0 Å². The molecule has 1 fully saturated rings. The summed E-state index contributed by atoms with van der Waals surface area (Å²) in [5, 5.41) is 10.6. The third-order valence-corrected chi connectivity index (χ3v) is 8.66. The molecule has 0 amide bonds. The highest BCUT2D eigenvalue weighted by atomic mass is 32.2. The molecule has 3 unspecified atom stereocenters. The molecule has 0 aromatic rings. The highest BCUT2D eigenvalue weighted by molar-refractivity contribution is 8.00. The van der Waals surface area contributed by atoms with Crippen LogP contribution in [0.15, 0.2) is 0 Å². The summed E-state index contributed by atoms with van der Waals surface area (Å²) in [4.78, 5) is 24.2. The van der Waals surface area contributed by atoms with E-state index in [-0.39, 0.29) is 18.0 Å². The minimum absolute atomic E-state index is 0.0529. The average Bonchev–Trinajstić information content (AvgIpc) is 3.18. The van der Waals surface area contributed by atoms with Crippen LogP contribution in [0, 0.1) is 5.92 Å². The van der Waals surface area contributed by atoms with Crippen molar-refractivity contribution in [2.45, 2.75) is 154 Å². The Balaban J connectivity index is 2.00. The second kappa shape index (κ2) is 21.7. The van der Waals surface area contributed by atoms with Crippen LogP contribution in [-0.2, 0) is 14.3 Å². The van der Waals surface area contributed by atoms with Crippen molar-refractivity contribution in [1.29, 1.82) is 0 Å². The maximum Gasteiger partial charge on any atom is 0.305 e. The van der Waals surface area contributed by atoms with Gasteiger partial charge in [0.05, 0.1) is 12.7 Å². The fourth-order valence-corrected chi connectivity index (χ4v) is 6.29. The second-order valence-electron chi connectivity index (χ2n) is 10.3. The number of aliphatic hydroxyl groups is 1. The van der Waals surface area contributed by atoms with Crippen molar-refractivity contribution >= 4 is 23.5 Å². The first kappa shape index (κ1) is 31.5. The molecule has 5 heteroatoms. The number of hydrogen-bond donors (Lipinski definition) is 1. The molecule has 1 saturated carbocycles. The number of carbonyl (C=O) groups is 2. The highest BCUT2D eigenvalue weighted by Gasteiger charge is 2.34. The predicted octanol–water partition coefficient (Wildman–Crippen LogP) is 8.03. The predicted molar refractivity (Wildman–Crippen MR) is 145 cm³/mol. The molecule has 1 N–H and O–H groups in total. The van der Waals surface area contributed by atoms with E-state index >= 15 is 0 Å². The lowest BCUT2D eigenvalue weighted by Gasteiger charge is -2.19. The number of unbranched alkanes of at least 4 members (excludes halogenated alkanes) is 12. The zero-order chi connectivity index (χ0) is 24.9. The third-order valence-electron chi connectivity index (χ3n) is 7.09. The topological polar surface area (TPSA) is 63.6 Å². The maximum atomic E-state index is 12.3. The lowest BCUT2D eigenvalue weighted by atomic mass is 9.98. The molecule has 0 saturated heterocycles. The van der Waals surface area contributed by atoms with Gasteiger partial charge in [0.1, 0.15) is 5.78 Å². The van der Waals surface area contributed by atoms with Crippen LogP contribution in [0.2, 0.25) is 0 Å². The van der Waals surface area contributed by atoms with Crippen molar-refractivity contribution < 1.29 is 19.4 Å². The lowest BCUT2D eigenvalue weighted by Crippen LogP contribution is -2.20. The third kappa shape index (κ3) is 16.2. The van der Waals surface area contributed by atoms with E-state index in [4.69, 9.17) is 4.74 Å². The lowest BCUT2D eigenvalue weighted by molar-refractivity contribution is -0.143. The summed E-state index contributed by atoms with van der Waals surface area (Å²) in [5.74, 6) is 1.30. The van der Waals surface area contributed by atoms with Gasteiger partial charge >= 0.3 is 5.97 Å². The van der Waals surface area contributed by atoms with E-state index in [9.17, 15) is 14.7 Å². The molecule has 0 aromatic heterocycles. The van der Waals surface area contributed by atoms with Crippen molar-refractivity contribution in [3.05, 3.63) is 0 Å². The molecule has 1 rings (SSSR count). The molecule has 0 aliphatic heterocycles. The van der Waals surface area contributed by atoms with E-state index in [0.29, 0.717) is 30.5 Å². The van der Waals surface area contributed by atoms with Crippen LogP contribution >= 0.6 is 11.8 Å². The zero-order valence-corrected chi connectivity index (χ0v) is 23.2. The molecule has 0 aromatic carbocycles. The van der Waals surface area contributed by atoms with Gasteiger partial charge in [0.25, 0.3) is 0 Å². The Labute approximate surface area is 214 Å². The number of carbonyl (C=O) groups excluding carboxylic acids is 2. The van der Waals surface area contributed by atoms with Gasteiger partial charge in [-0.25, -0.2) is 0 Å². The van der Waals surface area contributed by atoms with Gasteiger partial charge in [-0.3, -0.25) is 9.59 Å². The van der Waals surface area contributed by atoms with Crippen LogP contribution in [-0.4, -0.2) is 40.6 Å². The molecular formula is C29H54O4S. The molecule has 3 atom stereocenters. The van der Waals surface area contributed by atoms with Crippen LogP contribution in [0.5, 0.6) is 0 Å². The largest absolute Gasteiger partial charge is 0.466 e. The number of Topliss-reactive ketones (excluding diaryl/α,β-unsaturated/α-hetero) is 1. The van der Waals surface area contributed by atoms with Gasteiger partial charge in [0.15, 0.2) is 0 Å². The summed E-state index contributed by atoms with van der Waals surface area (Å²) < 4.78 is 5.37. The van der Waals surface area contributed by atoms with E-state index in [2.05, 4.69) is 13.8 Å². The highest BCUT2D eigenvalue weighted by Crippen LogP contribution is 2.36. The summed E-state index contributed by atoms with van der Waals surface area (Å²) in [6.07, 6.45) is 21.4. The van der Waals surface area contributed by atoms with Gasteiger partial charge < -0.3 is 9.84 Å². The number of rotatable bonds is 23. The fourth-order valence-electron chi connectivity index (χ4n) is 4.85. The molecule has 0 spiro atoms. The van der Waals surface area contributed by atoms with Gasteiger partial charge in [-0.05, 0) is 32.1 Å². The van der Waals surface area contributed by atoms with Gasteiger partial charge in [0, 0.05) is 29.8 Å². The minimum atomic E-state index is -0.233. The van der Waals surface area contributed by atoms with Crippen LogP contribution in [0.25, 0.3) is 0 Å². The van der Waals surface area contributed by atoms with Crippen molar-refractivity contribution in [2.24, 2.45) is 5.92 Å². The Morgan fingerprint density at radius 3 is 2.26 bits per heavy atom. The molecule has 4 nitrogen and oxygen atoms in total. The second-order valence-corrected chi connectivity index (χ2v) is 11.6. The maximum absolute atomic E-state index is 12.3. The first-order valence-corrected chi connectivity index (χ1v) is 15.6. The summed E-state index contributed by atoms with van der Waals surface area (Å²) in [6, 6.07) is 0. The Bertz CT molecular complexity index is 510. The molecule has 0 radical (unpaired) electrons. The number of esters is 1. The number of thioether (sulfide) groups is 1. The van der Waals surface area contributed by atoms with Crippen LogP contribution in [0.4, 0.5) is 0 Å². The summed E-state index contributed by atoms with van der Waals surface area (Å²) in [7, 11) is 0. The standard InChI is InChI=1S/C29H54O4S/c1-3-5-7-8-9-10-13-17-23-33-29(32)20-16-12-11-15-19-26-27(31)21-22-28(26)34-24-25(30)18-14-6-4-2/h25-26,28,30H,3-24H2,1-2H3. The van der Waals surface area contributed by atoms with E-state index in [0.717, 1.165) is 70.0 Å². The van der Waals surface area contributed by atoms with E-state index in [1.807, 2.05) is 11.8 Å². The molecule has 34 heavy (non-hydrogen) atoms. The Kier molecular flexibility index (Phi) is 20.1. The molecule has 200 valence electrons.